The fourth-order valence-corrected chi connectivity index (χ4v) is 2.75. The number of piperidine rings is 1. The van der Waals surface area contributed by atoms with Gasteiger partial charge in [0.05, 0.1) is 10.6 Å². The summed E-state index contributed by atoms with van der Waals surface area (Å²) in [5, 5.41) is 3.21. The number of nitrogens with one attached hydrogen (secondary N) is 1. The van der Waals surface area contributed by atoms with E-state index in [1.54, 1.807) is 23.1 Å². The van der Waals surface area contributed by atoms with Gasteiger partial charge in [-0.15, -0.1) is 0 Å². The number of carbonyl (C=O) groups is 2. The summed E-state index contributed by atoms with van der Waals surface area (Å²) in [4.78, 5) is 25.3. The van der Waals surface area contributed by atoms with E-state index in [0.717, 1.165) is 12.8 Å². The average molecular weight is 296 g/mol. The minimum absolute atomic E-state index is 0.00564. The minimum atomic E-state index is -0.178. The Hall–Kier alpha value is -1.75. The van der Waals surface area contributed by atoms with E-state index in [2.05, 4.69) is 5.32 Å². The third-order valence-corrected chi connectivity index (χ3v) is 3.69. The van der Waals surface area contributed by atoms with Crippen LogP contribution >= 0.6 is 11.6 Å². The van der Waals surface area contributed by atoms with Gasteiger partial charge in [-0.05, 0) is 25.0 Å². The van der Waals surface area contributed by atoms with E-state index >= 15 is 0 Å². The van der Waals surface area contributed by atoms with Crippen molar-refractivity contribution in [3.8, 4) is 0 Å². The fraction of sp³-hybridized carbons (Fsp3) is 0.429. The Morgan fingerprint density at radius 1 is 1.45 bits per heavy atom. The molecule has 1 heterocycles. The normalized spacial score (nSPS) is 18.7. The van der Waals surface area contributed by atoms with E-state index in [9.17, 15) is 9.59 Å². The second kappa shape index (κ2) is 6.13. The zero-order chi connectivity index (χ0) is 14.7. The summed E-state index contributed by atoms with van der Waals surface area (Å²) in [6.45, 7) is 2.62. The molecule has 1 aromatic carbocycles. The molecule has 1 aliphatic rings. The van der Waals surface area contributed by atoms with Crippen LogP contribution in [0.15, 0.2) is 18.2 Å². The predicted molar refractivity (Wildman–Crippen MR) is 78.6 cm³/mol. The van der Waals surface area contributed by atoms with E-state index in [0.29, 0.717) is 29.4 Å². The smallest absolute Gasteiger partial charge is 0.257 e. The second-order valence-electron chi connectivity index (χ2n) is 4.99. The number of benzene rings is 1. The van der Waals surface area contributed by atoms with E-state index in [-0.39, 0.29) is 17.9 Å². The summed E-state index contributed by atoms with van der Waals surface area (Å²) < 4.78 is 0. The molecule has 0 aromatic heterocycles. The van der Waals surface area contributed by atoms with Crippen LogP contribution in [0.25, 0.3) is 0 Å². The second-order valence-corrected chi connectivity index (χ2v) is 5.40. The maximum Gasteiger partial charge on any atom is 0.257 e. The van der Waals surface area contributed by atoms with Gasteiger partial charge in [-0.3, -0.25) is 9.59 Å². The van der Waals surface area contributed by atoms with Crippen molar-refractivity contribution in [2.45, 2.75) is 25.8 Å². The number of rotatable bonds is 2. The number of amides is 2. The third-order valence-electron chi connectivity index (χ3n) is 3.38. The molecule has 2 rings (SSSR count). The predicted octanol–water partition coefficient (Wildman–Crippen LogP) is 1.66. The molecule has 6 heteroatoms. The van der Waals surface area contributed by atoms with Gasteiger partial charge in [0.1, 0.15) is 0 Å². The van der Waals surface area contributed by atoms with E-state index < -0.39 is 0 Å². The third kappa shape index (κ3) is 3.22. The highest BCUT2D eigenvalue weighted by molar-refractivity contribution is 6.34. The number of hydrogen-bond donors (Lipinski definition) is 2. The molecule has 1 saturated heterocycles. The number of likely N-dealkylation sites (tertiary alicyclic amines) is 1. The Bertz CT molecular complexity index is 513. The molecule has 0 saturated carbocycles. The highest BCUT2D eigenvalue weighted by atomic mass is 35.5. The van der Waals surface area contributed by atoms with Crippen LogP contribution in [0.1, 0.15) is 30.1 Å². The monoisotopic (exact) mass is 295 g/mol. The highest BCUT2D eigenvalue weighted by Crippen LogP contribution is 2.25. The SMILES string of the molecule is CC(=O)NC1CCCN(C(=O)c2c(N)cccc2Cl)C1. The van der Waals surface area contributed by atoms with Crippen LogP contribution in [-0.2, 0) is 4.79 Å². The van der Waals surface area contributed by atoms with E-state index in [1.165, 1.54) is 6.92 Å². The minimum Gasteiger partial charge on any atom is -0.398 e. The molecule has 20 heavy (non-hydrogen) atoms. The van der Waals surface area contributed by atoms with Gasteiger partial charge >= 0.3 is 0 Å². The Labute approximate surface area is 123 Å². The Morgan fingerprint density at radius 2 is 2.20 bits per heavy atom. The Balaban J connectivity index is 2.14. The lowest BCUT2D eigenvalue weighted by atomic mass is 10.0. The van der Waals surface area contributed by atoms with Gasteiger partial charge in [-0.1, -0.05) is 17.7 Å². The summed E-state index contributed by atoms with van der Waals surface area (Å²) in [5.74, 6) is -0.260. The van der Waals surface area contributed by atoms with Gasteiger partial charge < -0.3 is 16.0 Å². The number of hydrogen-bond acceptors (Lipinski definition) is 3. The van der Waals surface area contributed by atoms with Gasteiger partial charge in [-0.2, -0.15) is 0 Å². The molecule has 0 radical (unpaired) electrons. The number of nitrogen functional groups attached to an aromatic ring is 1. The van der Waals surface area contributed by atoms with Gasteiger partial charge in [0.15, 0.2) is 0 Å². The summed E-state index contributed by atoms with van der Waals surface area (Å²) in [7, 11) is 0. The van der Waals surface area contributed by atoms with Crippen LogP contribution in [0.2, 0.25) is 5.02 Å². The molecule has 1 aliphatic heterocycles. The Morgan fingerprint density at radius 3 is 2.85 bits per heavy atom. The number of nitrogens with two attached hydrogens (primary N) is 1. The maximum absolute atomic E-state index is 12.5. The van der Waals surface area contributed by atoms with Crippen LogP contribution in [0.3, 0.4) is 0 Å². The van der Waals surface area contributed by atoms with Gasteiger partial charge in [0, 0.05) is 31.7 Å². The summed E-state index contributed by atoms with van der Waals surface area (Å²) in [6.07, 6.45) is 1.72. The lowest BCUT2D eigenvalue weighted by Gasteiger charge is -2.33. The van der Waals surface area contributed by atoms with Crippen LogP contribution in [0, 0.1) is 0 Å². The topological polar surface area (TPSA) is 75.4 Å². The molecule has 3 N–H and O–H groups in total. The number of nitrogens with zero attached hydrogens (tertiary/aromatic N) is 1. The molecular formula is C14H18ClN3O2. The zero-order valence-corrected chi connectivity index (χ0v) is 12.1. The van der Waals surface area contributed by atoms with E-state index in [4.69, 9.17) is 17.3 Å². The van der Waals surface area contributed by atoms with Crippen molar-refractivity contribution < 1.29 is 9.59 Å². The molecule has 1 fully saturated rings. The molecule has 5 nitrogen and oxygen atoms in total. The molecular weight excluding hydrogens is 278 g/mol. The van der Waals surface area contributed by atoms with Gasteiger partial charge in [0.25, 0.3) is 5.91 Å². The lowest BCUT2D eigenvalue weighted by molar-refractivity contribution is -0.120. The largest absolute Gasteiger partial charge is 0.398 e. The van der Waals surface area contributed by atoms with Crippen molar-refractivity contribution in [1.82, 2.24) is 10.2 Å². The maximum atomic E-state index is 12.5. The van der Waals surface area contributed by atoms with Gasteiger partial charge in [0.2, 0.25) is 5.91 Å². The standard InChI is InChI=1S/C14H18ClN3O2/c1-9(19)17-10-4-3-7-18(8-10)14(20)13-11(15)5-2-6-12(13)16/h2,5-6,10H,3-4,7-8,16H2,1H3,(H,17,19). The van der Waals surface area contributed by atoms with Crippen LogP contribution < -0.4 is 11.1 Å². The number of anilines is 1. The summed E-state index contributed by atoms with van der Waals surface area (Å²) >= 11 is 6.07. The van der Waals surface area contributed by atoms with Crippen molar-refractivity contribution in [3.05, 3.63) is 28.8 Å². The summed E-state index contributed by atoms with van der Waals surface area (Å²) in [5.41, 5.74) is 6.57. The van der Waals surface area contributed by atoms with Crippen LogP contribution in [0.5, 0.6) is 0 Å². The first-order chi connectivity index (χ1) is 9.49. The molecule has 1 aromatic rings. The molecule has 0 spiro atoms. The van der Waals surface area contributed by atoms with Crippen molar-refractivity contribution in [3.63, 3.8) is 0 Å². The quantitative estimate of drug-likeness (QED) is 0.815. The van der Waals surface area contributed by atoms with Crippen LogP contribution in [-0.4, -0.2) is 35.8 Å². The average Bonchev–Trinajstić information content (AvgIpc) is 2.38. The molecule has 0 aliphatic carbocycles. The first-order valence-electron chi connectivity index (χ1n) is 6.59. The first kappa shape index (κ1) is 14.7. The Kier molecular flexibility index (Phi) is 4.49. The highest BCUT2D eigenvalue weighted by Gasteiger charge is 2.27. The van der Waals surface area contributed by atoms with Crippen molar-refractivity contribution >= 4 is 29.1 Å². The molecule has 1 unspecified atom stereocenters. The number of carbonyl (C=O) groups excluding carboxylic acids is 2. The molecule has 2 amide bonds. The van der Waals surface area contributed by atoms with Crippen LogP contribution in [0.4, 0.5) is 5.69 Å². The van der Waals surface area contributed by atoms with Gasteiger partial charge in [-0.25, -0.2) is 0 Å². The lowest BCUT2D eigenvalue weighted by Crippen LogP contribution is -2.49. The van der Waals surface area contributed by atoms with Crippen molar-refractivity contribution in [2.24, 2.45) is 0 Å². The van der Waals surface area contributed by atoms with Crippen molar-refractivity contribution in [1.29, 1.82) is 0 Å². The van der Waals surface area contributed by atoms with E-state index in [1.807, 2.05) is 0 Å². The number of halogens is 1. The molecule has 0 bridgehead atoms. The van der Waals surface area contributed by atoms with Crippen molar-refractivity contribution in [2.75, 3.05) is 18.8 Å². The first-order valence-corrected chi connectivity index (χ1v) is 6.97. The summed E-state index contributed by atoms with van der Waals surface area (Å²) in [6, 6.07) is 5.02. The zero-order valence-electron chi connectivity index (χ0n) is 11.4. The molecule has 1 atom stereocenters. The molecule has 108 valence electrons. The fourth-order valence-electron chi connectivity index (χ4n) is 2.49.